The summed E-state index contributed by atoms with van der Waals surface area (Å²) in [6.07, 6.45) is 2.21. The minimum atomic E-state index is -3.19. The number of sulfonamides is 1. The van der Waals surface area contributed by atoms with E-state index >= 15 is 0 Å². The van der Waals surface area contributed by atoms with Crippen molar-refractivity contribution in [1.82, 2.24) is 15.4 Å². The van der Waals surface area contributed by atoms with Gasteiger partial charge in [-0.3, -0.25) is 0 Å². The first-order valence-corrected chi connectivity index (χ1v) is 9.78. The minimum absolute atomic E-state index is 0.0407. The van der Waals surface area contributed by atoms with Crippen LogP contribution in [0.4, 0.5) is 9.18 Å². The number of amides is 2. The Morgan fingerprint density at radius 3 is 2.54 bits per heavy atom. The molecule has 0 aromatic heterocycles. The Kier molecular flexibility index (Phi) is 6.17. The van der Waals surface area contributed by atoms with E-state index in [0.29, 0.717) is 25.1 Å². The third kappa shape index (κ3) is 5.17. The summed E-state index contributed by atoms with van der Waals surface area (Å²) in [6.45, 7) is 2.61. The second-order valence-electron chi connectivity index (χ2n) is 6.02. The number of rotatable bonds is 9. The molecule has 1 aliphatic rings. The van der Waals surface area contributed by atoms with Gasteiger partial charge in [0.15, 0.2) is 0 Å². The first-order valence-electron chi connectivity index (χ1n) is 8.13. The molecule has 0 heterocycles. The predicted octanol–water partition coefficient (Wildman–Crippen LogP) is 1.49. The van der Waals surface area contributed by atoms with E-state index in [9.17, 15) is 17.6 Å². The van der Waals surface area contributed by atoms with Crippen LogP contribution in [0.2, 0.25) is 0 Å². The highest BCUT2D eigenvalue weighted by molar-refractivity contribution is 7.89. The first kappa shape index (κ1) is 18.7. The maximum Gasteiger partial charge on any atom is 0.314 e. The van der Waals surface area contributed by atoms with Gasteiger partial charge in [0.05, 0.1) is 5.75 Å². The van der Waals surface area contributed by atoms with Gasteiger partial charge in [0.2, 0.25) is 10.0 Å². The van der Waals surface area contributed by atoms with Crippen molar-refractivity contribution in [2.24, 2.45) is 0 Å². The molecule has 134 valence electrons. The van der Waals surface area contributed by atoms with Crippen LogP contribution >= 0.6 is 0 Å². The van der Waals surface area contributed by atoms with Crippen molar-refractivity contribution in [3.63, 3.8) is 0 Å². The van der Waals surface area contributed by atoms with Crippen molar-refractivity contribution in [3.8, 4) is 0 Å². The van der Waals surface area contributed by atoms with Crippen LogP contribution in [0.25, 0.3) is 0 Å². The van der Waals surface area contributed by atoms with Gasteiger partial charge in [-0.1, -0.05) is 18.2 Å². The monoisotopic (exact) mass is 357 g/mol. The van der Waals surface area contributed by atoms with Gasteiger partial charge in [0, 0.05) is 25.0 Å². The molecule has 1 aromatic rings. The highest BCUT2D eigenvalue weighted by Gasteiger charge is 2.45. The van der Waals surface area contributed by atoms with Crippen molar-refractivity contribution in [3.05, 3.63) is 35.6 Å². The number of halogens is 1. The van der Waals surface area contributed by atoms with E-state index in [1.165, 1.54) is 6.07 Å². The average molecular weight is 357 g/mol. The third-order valence-corrected chi connectivity index (χ3v) is 5.63. The Morgan fingerprint density at radius 1 is 1.21 bits per heavy atom. The van der Waals surface area contributed by atoms with E-state index in [1.54, 1.807) is 25.1 Å². The summed E-state index contributed by atoms with van der Waals surface area (Å²) in [5.41, 5.74) is 0.360. The number of hydrogen-bond donors (Lipinski definition) is 3. The fraction of sp³-hybridized carbons (Fsp3) is 0.562. The summed E-state index contributed by atoms with van der Waals surface area (Å²) in [7, 11) is -3.19. The first-order chi connectivity index (χ1) is 11.4. The van der Waals surface area contributed by atoms with Crippen LogP contribution in [0.1, 0.15) is 31.7 Å². The maximum absolute atomic E-state index is 13.9. The van der Waals surface area contributed by atoms with Crippen LogP contribution in [-0.2, 0) is 15.4 Å². The molecule has 0 bridgehead atoms. The molecule has 1 saturated carbocycles. The molecule has 8 heteroatoms. The van der Waals surface area contributed by atoms with Gasteiger partial charge in [-0.15, -0.1) is 0 Å². The fourth-order valence-corrected chi connectivity index (χ4v) is 3.18. The van der Waals surface area contributed by atoms with Gasteiger partial charge >= 0.3 is 6.03 Å². The van der Waals surface area contributed by atoms with Gasteiger partial charge < -0.3 is 10.6 Å². The Morgan fingerprint density at radius 2 is 1.92 bits per heavy atom. The van der Waals surface area contributed by atoms with E-state index in [4.69, 9.17) is 0 Å². The minimum Gasteiger partial charge on any atom is -0.338 e. The van der Waals surface area contributed by atoms with Crippen molar-refractivity contribution in [1.29, 1.82) is 0 Å². The van der Waals surface area contributed by atoms with Crippen LogP contribution in [0.5, 0.6) is 0 Å². The molecule has 0 spiro atoms. The standard InChI is InChI=1S/C16H24FN3O3S/c1-2-24(22,23)20-11-5-10-18-15(21)19-12-16(8-9-16)13-6-3-4-7-14(13)17/h3-4,6-7,20H,2,5,8-12H2,1H3,(H2,18,19,21). The van der Waals surface area contributed by atoms with Crippen LogP contribution in [0.3, 0.4) is 0 Å². The molecule has 0 saturated heterocycles. The normalized spacial score (nSPS) is 15.8. The van der Waals surface area contributed by atoms with Crippen LogP contribution in [0, 0.1) is 5.82 Å². The second-order valence-corrected chi connectivity index (χ2v) is 8.12. The molecule has 2 amide bonds. The van der Waals surface area contributed by atoms with Gasteiger partial charge in [-0.25, -0.2) is 22.3 Å². The molecule has 6 nitrogen and oxygen atoms in total. The number of carbonyl (C=O) groups excluding carboxylic acids is 1. The molecule has 0 aliphatic heterocycles. The second kappa shape index (κ2) is 7.94. The summed E-state index contributed by atoms with van der Waals surface area (Å²) in [5.74, 6) is -0.195. The topological polar surface area (TPSA) is 87.3 Å². The Balaban J connectivity index is 1.68. The third-order valence-electron chi connectivity index (χ3n) is 4.23. The van der Waals surface area contributed by atoms with Crippen molar-refractivity contribution in [2.75, 3.05) is 25.4 Å². The van der Waals surface area contributed by atoms with E-state index in [2.05, 4.69) is 15.4 Å². The Labute approximate surface area is 142 Å². The molecule has 2 rings (SSSR count). The Hall–Kier alpha value is -1.67. The van der Waals surface area contributed by atoms with E-state index in [-0.39, 0.29) is 29.6 Å². The molecular weight excluding hydrogens is 333 g/mol. The van der Waals surface area contributed by atoms with Crippen LogP contribution in [-0.4, -0.2) is 39.8 Å². The number of hydrogen-bond acceptors (Lipinski definition) is 3. The van der Waals surface area contributed by atoms with Gasteiger partial charge in [-0.05, 0) is 37.8 Å². The zero-order valence-electron chi connectivity index (χ0n) is 13.8. The highest BCUT2D eigenvalue weighted by Crippen LogP contribution is 2.48. The van der Waals surface area contributed by atoms with E-state index in [1.807, 2.05) is 0 Å². The predicted molar refractivity (Wildman–Crippen MR) is 90.8 cm³/mol. The lowest BCUT2D eigenvalue weighted by atomic mass is 9.95. The number of benzene rings is 1. The smallest absolute Gasteiger partial charge is 0.314 e. The average Bonchev–Trinajstić information content (AvgIpc) is 3.34. The highest BCUT2D eigenvalue weighted by atomic mass is 32.2. The lowest BCUT2D eigenvalue weighted by molar-refractivity contribution is 0.239. The summed E-state index contributed by atoms with van der Waals surface area (Å²) < 4.78 is 38.8. The summed E-state index contributed by atoms with van der Waals surface area (Å²) in [5, 5.41) is 5.45. The molecule has 0 radical (unpaired) electrons. The van der Waals surface area contributed by atoms with Crippen molar-refractivity contribution >= 4 is 16.1 Å². The van der Waals surface area contributed by atoms with Gasteiger partial charge in [0.25, 0.3) is 0 Å². The summed E-state index contributed by atoms with van der Waals surface area (Å²) in [4.78, 5) is 11.8. The quantitative estimate of drug-likeness (QED) is 0.585. The van der Waals surface area contributed by atoms with E-state index < -0.39 is 10.0 Å². The number of urea groups is 1. The number of nitrogens with one attached hydrogen (secondary N) is 3. The van der Waals surface area contributed by atoms with Crippen LogP contribution < -0.4 is 15.4 Å². The van der Waals surface area contributed by atoms with Crippen LogP contribution in [0.15, 0.2) is 24.3 Å². The summed E-state index contributed by atoms with van der Waals surface area (Å²) in [6, 6.07) is 6.34. The fourth-order valence-electron chi connectivity index (χ4n) is 2.52. The molecule has 1 aliphatic carbocycles. The molecule has 24 heavy (non-hydrogen) atoms. The summed E-state index contributed by atoms with van der Waals surface area (Å²) >= 11 is 0. The molecule has 0 atom stereocenters. The van der Waals surface area contributed by atoms with Gasteiger partial charge in [0.1, 0.15) is 5.82 Å². The lowest BCUT2D eigenvalue weighted by Crippen LogP contribution is -2.41. The lowest BCUT2D eigenvalue weighted by Gasteiger charge is -2.17. The molecule has 3 N–H and O–H groups in total. The molecule has 1 aromatic carbocycles. The van der Waals surface area contributed by atoms with Crippen molar-refractivity contribution in [2.45, 2.75) is 31.6 Å². The maximum atomic E-state index is 13.9. The van der Waals surface area contributed by atoms with Crippen molar-refractivity contribution < 1.29 is 17.6 Å². The zero-order valence-corrected chi connectivity index (χ0v) is 14.6. The SMILES string of the molecule is CCS(=O)(=O)NCCCNC(=O)NCC1(c2ccccc2F)CC1. The molecule has 1 fully saturated rings. The molecular formula is C16H24FN3O3S. The molecule has 0 unspecified atom stereocenters. The Bertz CT molecular complexity index is 675. The van der Waals surface area contributed by atoms with Gasteiger partial charge in [-0.2, -0.15) is 0 Å². The number of carbonyl (C=O) groups is 1. The zero-order chi connectivity index (χ0) is 17.6. The van der Waals surface area contributed by atoms with E-state index in [0.717, 1.165) is 12.8 Å². The largest absolute Gasteiger partial charge is 0.338 e.